The van der Waals surface area contributed by atoms with Gasteiger partial charge in [0.25, 0.3) is 0 Å². The van der Waals surface area contributed by atoms with Gasteiger partial charge in [0.1, 0.15) is 0 Å². The molecular formula is CeO6TiV. The van der Waals surface area contributed by atoms with Crippen LogP contribution in [0.4, 0.5) is 0 Å². The van der Waals surface area contributed by atoms with Gasteiger partial charge < -0.3 is 32.9 Å². The predicted molar refractivity (Wildman–Crippen MR) is 4.12 cm³/mol. The number of hydrogen-bond donors (Lipinski definition) is 0. The average Bonchev–Trinajstić information content (AvgIpc) is 0. The van der Waals surface area contributed by atoms with Gasteiger partial charge in [-0.15, -0.1) is 0 Å². The summed E-state index contributed by atoms with van der Waals surface area (Å²) in [6.45, 7) is 0. The predicted octanol–water partition coefficient (Wildman–Crippen LogP) is -0.718. The standard InChI is InChI=1S/Ce.6O.Ti.V/q+3;6*-2;+4;+5. The molecule has 0 heterocycles. The van der Waals surface area contributed by atoms with E-state index in [2.05, 4.69) is 0 Å². The van der Waals surface area contributed by atoms with E-state index in [0.29, 0.717) is 0 Å². The molecule has 0 saturated carbocycles. The Morgan fingerprint density at radius 2 is 0.444 bits per heavy atom. The SMILES string of the molecule is [Ce+3].[O-2].[O-2].[O-2].[O-2].[O-2].[O-2].[Ti+4].[V+5]. The first-order valence-electron chi connectivity index (χ1n) is 0. The molecule has 0 unspecified atom stereocenters. The molecule has 0 aliphatic heterocycles. The van der Waals surface area contributed by atoms with Crippen LogP contribution in [0.5, 0.6) is 0 Å². The van der Waals surface area contributed by atoms with Crippen LogP contribution < -0.4 is 0 Å². The van der Waals surface area contributed by atoms with Crippen molar-refractivity contribution in [1.82, 2.24) is 0 Å². The van der Waals surface area contributed by atoms with Crippen LogP contribution in [0.25, 0.3) is 0 Å². The fraction of sp³-hybridized carbons (Fsp3) is 0. The zero-order chi connectivity index (χ0) is 0. The van der Waals surface area contributed by atoms with Gasteiger partial charge in [0.2, 0.25) is 0 Å². The first-order chi connectivity index (χ1) is 0. The molecule has 0 fully saturated rings. The van der Waals surface area contributed by atoms with E-state index in [4.69, 9.17) is 0 Å². The van der Waals surface area contributed by atoms with E-state index in [1.807, 2.05) is 0 Å². The normalized spacial score (nSPS) is 0. The third-order valence-electron chi connectivity index (χ3n) is 0. The van der Waals surface area contributed by atoms with Crippen molar-refractivity contribution in [3.8, 4) is 0 Å². The minimum atomic E-state index is 0. The maximum absolute atomic E-state index is 0. The van der Waals surface area contributed by atoms with E-state index in [1.54, 1.807) is 0 Å². The number of rotatable bonds is 0. The van der Waals surface area contributed by atoms with E-state index in [1.165, 1.54) is 0 Å². The molecule has 0 saturated heterocycles. The van der Waals surface area contributed by atoms with Crippen molar-refractivity contribution in [2.24, 2.45) is 0 Å². The van der Waals surface area contributed by atoms with Crippen LogP contribution in [0.1, 0.15) is 0 Å². The van der Waals surface area contributed by atoms with Gasteiger partial charge in [-0.05, 0) is 0 Å². The largest absolute Gasteiger partial charge is 5.00 e. The monoisotopic (exact) mass is 335 g/mol. The Labute approximate surface area is 113 Å². The van der Waals surface area contributed by atoms with Crippen LogP contribution >= 0.6 is 0 Å². The van der Waals surface area contributed by atoms with Crippen molar-refractivity contribution in [2.75, 3.05) is 0 Å². The first-order valence-corrected chi connectivity index (χ1v) is 0. The maximum Gasteiger partial charge on any atom is 5.00 e. The minimum absolute atomic E-state index is 0. The average molecular weight is 335 g/mol. The molecule has 0 aliphatic rings. The van der Waals surface area contributed by atoms with Gasteiger partial charge in [-0.3, -0.25) is 0 Å². The molecule has 0 aromatic rings. The third kappa shape index (κ3) is 125. The summed E-state index contributed by atoms with van der Waals surface area (Å²) in [5.41, 5.74) is 0. The Balaban J connectivity index is 0. The molecule has 0 amide bonds. The zero-order valence-electron chi connectivity index (χ0n) is 3.90. The fourth-order valence-electron chi connectivity index (χ4n) is 0. The van der Waals surface area contributed by atoms with Crippen LogP contribution in [-0.2, 0) is 73.1 Å². The van der Waals surface area contributed by atoms with Crippen molar-refractivity contribution in [3.05, 3.63) is 0 Å². The molecule has 0 aromatic carbocycles. The van der Waals surface area contributed by atoms with E-state index >= 15 is 0 Å². The molecule has 0 N–H and O–H groups in total. The summed E-state index contributed by atoms with van der Waals surface area (Å²) in [6.07, 6.45) is 0. The van der Waals surface area contributed by atoms with Gasteiger partial charge in [0, 0.05) is 0 Å². The van der Waals surface area contributed by atoms with Crippen LogP contribution in [0, 0.1) is 41.7 Å². The van der Waals surface area contributed by atoms with Crippen LogP contribution in [0.3, 0.4) is 0 Å². The van der Waals surface area contributed by atoms with Gasteiger partial charge in [-0.2, -0.15) is 0 Å². The molecule has 0 rings (SSSR count). The maximum atomic E-state index is 0. The van der Waals surface area contributed by atoms with Gasteiger partial charge in [-0.1, -0.05) is 0 Å². The second-order valence-electron chi connectivity index (χ2n) is 0. The van der Waals surface area contributed by atoms with Crippen molar-refractivity contribution in [1.29, 1.82) is 0 Å². The quantitative estimate of drug-likeness (QED) is 0.509. The van der Waals surface area contributed by atoms with Crippen LogP contribution in [0.2, 0.25) is 0 Å². The van der Waals surface area contributed by atoms with Gasteiger partial charge in [-0.25, -0.2) is 0 Å². The summed E-state index contributed by atoms with van der Waals surface area (Å²) in [6, 6.07) is 0. The molecule has 0 spiro atoms. The summed E-state index contributed by atoms with van der Waals surface area (Å²) in [7, 11) is 0. The molecule has 9 heavy (non-hydrogen) atoms. The fourth-order valence-corrected chi connectivity index (χ4v) is 0. The Bertz CT molecular complexity index is 13.0. The summed E-state index contributed by atoms with van der Waals surface area (Å²) < 4.78 is 0. The second-order valence-corrected chi connectivity index (χ2v) is 0. The summed E-state index contributed by atoms with van der Waals surface area (Å²) >= 11 is 0. The Morgan fingerprint density at radius 1 is 0.444 bits per heavy atom. The topological polar surface area (TPSA) is 171 Å². The van der Waals surface area contributed by atoms with Gasteiger partial charge in [0.15, 0.2) is 0 Å². The van der Waals surface area contributed by atoms with Crippen molar-refractivity contribution in [3.63, 3.8) is 0 Å². The molecule has 6 nitrogen and oxygen atoms in total. The Kier molecular flexibility index (Phi) is 3650. The van der Waals surface area contributed by atoms with E-state index in [-0.39, 0.29) is 115 Å². The molecule has 0 aliphatic carbocycles. The van der Waals surface area contributed by atoms with Gasteiger partial charge >= 0.3 is 82.0 Å². The molecule has 0 aromatic heterocycles. The minimum Gasteiger partial charge on any atom is -2.00 e. The Hall–Kier alpha value is 2.44. The second kappa shape index (κ2) is 157. The molecule has 49 valence electrons. The van der Waals surface area contributed by atoms with Crippen LogP contribution in [-0.4, -0.2) is 0 Å². The van der Waals surface area contributed by atoms with Crippen molar-refractivity contribution >= 4 is 0 Å². The van der Waals surface area contributed by atoms with Gasteiger partial charge in [0.05, 0.1) is 0 Å². The van der Waals surface area contributed by atoms with Crippen LogP contribution in [0.15, 0.2) is 0 Å². The Morgan fingerprint density at radius 3 is 0.444 bits per heavy atom. The molecule has 1 radical (unpaired) electrons. The van der Waals surface area contributed by atoms with Crippen molar-refractivity contribution < 1.29 is 115 Å². The molecular weight excluding hydrogens is 335 g/mol. The van der Waals surface area contributed by atoms with E-state index in [0.717, 1.165) is 0 Å². The van der Waals surface area contributed by atoms with E-state index < -0.39 is 0 Å². The van der Waals surface area contributed by atoms with Crippen molar-refractivity contribution in [2.45, 2.75) is 0 Å². The molecule has 9 heteroatoms. The number of hydrogen-bond acceptors (Lipinski definition) is 0. The smallest absolute Gasteiger partial charge is 2.00 e. The summed E-state index contributed by atoms with van der Waals surface area (Å²) in [5.74, 6) is 0. The van der Waals surface area contributed by atoms with E-state index in [9.17, 15) is 0 Å². The first kappa shape index (κ1) is 210. The summed E-state index contributed by atoms with van der Waals surface area (Å²) in [4.78, 5) is 0. The third-order valence-corrected chi connectivity index (χ3v) is 0. The zero-order valence-corrected chi connectivity index (χ0v) is 10.00. The summed E-state index contributed by atoms with van der Waals surface area (Å²) in [5, 5.41) is 0. The molecule has 0 atom stereocenters. The molecule has 0 bridgehead atoms.